The second kappa shape index (κ2) is 5.88. The first-order valence-electron chi connectivity index (χ1n) is 8.37. The molecule has 0 spiro atoms. The number of oxazole rings is 1. The Morgan fingerprint density at radius 1 is 1.16 bits per heavy atom. The predicted octanol–water partition coefficient (Wildman–Crippen LogP) is 4.28. The fraction of sp³-hybridized carbons (Fsp3) is 0.316. The van der Waals surface area contributed by atoms with Gasteiger partial charge in [-0.25, -0.2) is 13.4 Å². The molecule has 0 aliphatic heterocycles. The normalized spacial score (nSPS) is 16.1. The van der Waals surface area contributed by atoms with E-state index in [0.717, 1.165) is 28.2 Å². The van der Waals surface area contributed by atoms with Crippen LogP contribution in [0.4, 0.5) is 5.69 Å². The third-order valence-electron chi connectivity index (χ3n) is 4.52. The summed E-state index contributed by atoms with van der Waals surface area (Å²) in [4.78, 5) is 4.87. The van der Waals surface area contributed by atoms with E-state index in [2.05, 4.69) is 10.3 Å². The number of aromatic nitrogens is 1. The summed E-state index contributed by atoms with van der Waals surface area (Å²) in [7, 11) is -3.17. The number of nitrogens with one attached hydrogen (secondary N) is 1. The fourth-order valence-electron chi connectivity index (χ4n) is 2.87. The second-order valence-corrected chi connectivity index (χ2v) is 8.73. The number of anilines is 1. The van der Waals surface area contributed by atoms with Crippen molar-refractivity contribution < 1.29 is 12.8 Å². The summed E-state index contributed by atoms with van der Waals surface area (Å²) in [6.45, 7) is 2.04. The molecule has 2 aromatic carbocycles. The van der Waals surface area contributed by atoms with Gasteiger partial charge in [-0.3, -0.25) is 0 Å². The Kier molecular flexibility index (Phi) is 3.80. The van der Waals surface area contributed by atoms with Crippen LogP contribution in [0.1, 0.15) is 43.2 Å². The van der Waals surface area contributed by atoms with Gasteiger partial charge in [0.2, 0.25) is 0 Å². The van der Waals surface area contributed by atoms with Gasteiger partial charge >= 0.3 is 0 Å². The van der Waals surface area contributed by atoms with Gasteiger partial charge in [-0.2, -0.15) is 0 Å². The van der Waals surface area contributed by atoms with Gasteiger partial charge in [0, 0.05) is 30.0 Å². The maximum absolute atomic E-state index is 11.6. The van der Waals surface area contributed by atoms with Crippen LogP contribution < -0.4 is 5.32 Å². The molecule has 1 saturated carbocycles. The average molecular weight is 356 g/mol. The molecule has 5 nitrogen and oxygen atoms in total. The Bertz CT molecular complexity index is 1020. The maximum Gasteiger partial charge on any atom is 0.198 e. The Balaban J connectivity index is 1.53. The van der Waals surface area contributed by atoms with E-state index in [1.807, 2.05) is 37.3 Å². The van der Waals surface area contributed by atoms with Crippen molar-refractivity contribution in [3.8, 4) is 0 Å². The molecule has 1 aliphatic rings. The van der Waals surface area contributed by atoms with Crippen LogP contribution in [-0.4, -0.2) is 19.7 Å². The lowest BCUT2D eigenvalue weighted by Gasteiger charge is -2.16. The molecule has 0 radical (unpaired) electrons. The van der Waals surface area contributed by atoms with E-state index in [-0.39, 0.29) is 6.04 Å². The second-order valence-electron chi connectivity index (χ2n) is 6.72. The Morgan fingerprint density at radius 2 is 1.88 bits per heavy atom. The van der Waals surface area contributed by atoms with E-state index in [4.69, 9.17) is 4.42 Å². The topological polar surface area (TPSA) is 72.2 Å². The molecule has 4 rings (SSSR count). The monoisotopic (exact) mass is 356 g/mol. The number of nitrogens with zero attached hydrogens (tertiary/aromatic N) is 1. The molecule has 6 heteroatoms. The van der Waals surface area contributed by atoms with Gasteiger partial charge in [-0.05, 0) is 49.6 Å². The Morgan fingerprint density at radius 3 is 2.52 bits per heavy atom. The van der Waals surface area contributed by atoms with Crippen LogP contribution in [0.2, 0.25) is 0 Å². The quantitative estimate of drug-likeness (QED) is 0.738. The standard InChI is InChI=1S/C19H20N2O3S/c1-12(13-5-8-16(9-6-13)25(2,22)23)20-15-7-10-17-18(11-15)24-19(21-17)14-3-4-14/h5-12,14,20H,3-4H2,1-2H3. The van der Waals surface area contributed by atoms with Crippen LogP contribution in [0, 0.1) is 0 Å². The average Bonchev–Trinajstić information content (AvgIpc) is 3.34. The van der Waals surface area contributed by atoms with E-state index in [1.165, 1.54) is 19.1 Å². The van der Waals surface area contributed by atoms with Crippen LogP contribution >= 0.6 is 0 Å². The predicted molar refractivity (Wildman–Crippen MR) is 97.6 cm³/mol. The lowest BCUT2D eigenvalue weighted by molar-refractivity contribution is 0.533. The van der Waals surface area contributed by atoms with Crippen molar-refractivity contribution in [1.29, 1.82) is 0 Å². The van der Waals surface area contributed by atoms with E-state index < -0.39 is 9.84 Å². The summed E-state index contributed by atoms with van der Waals surface area (Å²) < 4.78 is 29.0. The Labute approximate surface area is 147 Å². The number of hydrogen-bond acceptors (Lipinski definition) is 5. The van der Waals surface area contributed by atoms with E-state index in [0.29, 0.717) is 10.8 Å². The summed E-state index contributed by atoms with van der Waals surface area (Å²) in [5.41, 5.74) is 3.65. The Hall–Kier alpha value is -2.34. The number of hydrogen-bond donors (Lipinski definition) is 1. The van der Waals surface area contributed by atoms with Crippen molar-refractivity contribution in [2.45, 2.75) is 36.6 Å². The largest absolute Gasteiger partial charge is 0.440 e. The third kappa shape index (κ3) is 3.39. The van der Waals surface area contributed by atoms with Crippen LogP contribution in [0.3, 0.4) is 0 Å². The van der Waals surface area contributed by atoms with E-state index in [1.54, 1.807) is 12.1 Å². The highest BCUT2D eigenvalue weighted by Crippen LogP contribution is 2.40. The van der Waals surface area contributed by atoms with Crippen LogP contribution in [0.5, 0.6) is 0 Å². The van der Waals surface area contributed by atoms with Crippen LogP contribution in [-0.2, 0) is 9.84 Å². The lowest BCUT2D eigenvalue weighted by Crippen LogP contribution is -2.07. The molecule has 1 aliphatic carbocycles. The molecule has 25 heavy (non-hydrogen) atoms. The molecule has 1 aromatic heterocycles. The molecule has 0 amide bonds. The molecular formula is C19H20N2O3S. The van der Waals surface area contributed by atoms with Crippen LogP contribution in [0.25, 0.3) is 11.1 Å². The highest BCUT2D eigenvalue weighted by molar-refractivity contribution is 7.90. The van der Waals surface area contributed by atoms with Crippen molar-refractivity contribution in [3.05, 3.63) is 53.9 Å². The summed E-state index contributed by atoms with van der Waals surface area (Å²) >= 11 is 0. The van der Waals surface area contributed by atoms with Crippen molar-refractivity contribution >= 4 is 26.6 Å². The molecule has 3 aromatic rings. The lowest BCUT2D eigenvalue weighted by atomic mass is 10.1. The third-order valence-corrected chi connectivity index (χ3v) is 5.65. The minimum absolute atomic E-state index is 0.0388. The summed E-state index contributed by atoms with van der Waals surface area (Å²) in [5.74, 6) is 1.34. The zero-order chi connectivity index (χ0) is 17.6. The van der Waals surface area contributed by atoms with E-state index in [9.17, 15) is 8.42 Å². The molecule has 1 heterocycles. The number of rotatable bonds is 5. The molecule has 1 fully saturated rings. The first-order chi connectivity index (χ1) is 11.9. The molecule has 0 bridgehead atoms. The molecule has 0 saturated heterocycles. The fourth-order valence-corrected chi connectivity index (χ4v) is 3.50. The van der Waals surface area contributed by atoms with Crippen molar-refractivity contribution in [2.24, 2.45) is 0 Å². The number of benzene rings is 2. The summed E-state index contributed by atoms with van der Waals surface area (Å²) in [6.07, 6.45) is 3.54. The highest BCUT2D eigenvalue weighted by atomic mass is 32.2. The zero-order valence-corrected chi connectivity index (χ0v) is 15.0. The van der Waals surface area contributed by atoms with E-state index >= 15 is 0 Å². The molecular weight excluding hydrogens is 336 g/mol. The van der Waals surface area contributed by atoms with Gasteiger partial charge in [0.05, 0.1) is 4.90 Å². The van der Waals surface area contributed by atoms with Crippen molar-refractivity contribution in [1.82, 2.24) is 4.98 Å². The molecule has 130 valence electrons. The zero-order valence-electron chi connectivity index (χ0n) is 14.2. The molecule has 1 unspecified atom stereocenters. The molecule has 1 atom stereocenters. The van der Waals surface area contributed by atoms with Gasteiger partial charge in [-0.1, -0.05) is 12.1 Å². The minimum Gasteiger partial charge on any atom is -0.440 e. The van der Waals surface area contributed by atoms with Crippen molar-refractivity contribution in [2.75, 3.05) is 11.6 Å². The SMILES string of the molecule is CC(Nc1ccc2nc(C3CC3)oc2c1)c1ccc(S(C)(=O)=O)cc1. The number of sulfone groups is 1. The summed E-state index contributed by atoms with van der Waals surface area (Å²) in [6, 6.07) is 12.9. The first kappa shape index (κ1) is 16.1. The molecule has 1 N–H and O–H groups in total. The van der Waals surface area contributed by atoms with Gasteiger partial charge < -0.3 is 9.73 Å². The highest BCUT2D eigenvalue weighted by Gasteiger charge is 2.28. The van der Waals surface area contributed by atoms with Crippen LogP contribution in [0.15, 0.2) is 51.8 Å². The minimum atomic E-state index is -3.17. The summed E-state index contributed by atoms with van der Waals surface area (Å²) in [5, 5.41) is 3.43. The van der Waals surface area contributed by atoms with Crippen molar-refractivity contribution in [3.63, 3.8) is 0 Å². The van der Waals surface area contributed by atoms with Gasteiger partial charge in [0.15, 0.2) is 21.3 Å². The number of fused-ring (bicyclic) bond motifs is 1. The first-order valence-corrected chi connectivity index (χ1v) is 10.3. The maximum atomic E-state index is 11.6. The van der Waals surface area contributed by atoms with Gasteiger partial charge in [0.25, 0.3) is 0 Å². The van der Waals surface area contributed by atoms with Gasteiger partial charge in [-0.15, -0.1) is 0 Å². The smallest absolute Gasteiger partial charge is 0.198 e. The van der Waals surface area contributed by atoms with Gasteiger partial charge in [0.1, 0.15) is 5.52 Å².